The highest BCUT2D eigenvalue weighted by atomic mass is 16.7. The molecule has 0 unspecified atom stereocenters. The van der Waals surface area contributed by atoms with Crippen LogP contribution in [0, 0.1) is 0 Å². The summed E-state index contributed by atoms with van der Waals surface area (Å²) in [6, 6.07) is 26.3. The van der Waals surface area contributed by atoms with Crippen molar-refractivity contribution in [2.24, 2.45) is 0 Å². The standard InChI is InChI=1S/C30H26O9/c1-33-19-35-23-7-3-21(4-8-23)29(31)38-27-15-11-25(12-16-27)37-26-13-17-28(18-14-26)39-30(32)22-5-9-24(10-6-22)36-20-34-2/h3-18H,19-20H2,1-2H3. The Balaban J connectivity index is 1.27. The van der Waals surface area contributed by atoms with Crippen molar-refractivity contribution in [2.45, 2.75) is 0 Å². The Kier molecular flexibility index (Phi) is 9.49. The van der Waals surface area contributed by atoms with Gasteiger partial charge in [0.25, 0.3) is 0 Å². The molecule has 0 amide bonds. The lowest BCUT2D eigenvalue weighted by Gasteiger charge is -2.09. The zero-order valence-corrected chi connectivity index (χ0v) is 21.3. The van der Waals surface area contributed by atoms with Crippen molar-refractivity contribution in [3.63, 3.8) is 0 Å². The molecule has 200 valence electrons. The van der Waals surface area contributed by atoms with Gasteiger partial charge in [0.2, 0.25) is 0 Å². The number of carbonyl (C=O) groups is 2. The predicted molar refractivity (Wildman–Crippen MR) is 141 cm³/mol. The summed E-state index contributed by atoms with van der Waals surface area (Å²) in [6.07, 6.45) is 0. The van der Waals surface area contributed by atoms with Crippen LogP contribution in [-0.4, -0.2) is 39.7 Å². The molecule has 0 saturated carbocycles. The molecule has 4 aromatic carbocycles. The van der Waals surface area contributed by atoms with Gasteiger partial charge in [0.05, 0.1) is 11.1 Å². The van der Waals surface area contributed by atoms with Crippen LogP contribution in [-0.2, 0) is 9.47 Å². The summed E-state index contributed by atoms with van der Waals surface area (Å²) in [6.45, 7) is 0.245. The van der Waals surface area contributed by atoms with E-state index in [1.807, 2.05) is 0 Å². The molecule has 0 bridgehead atoms. The molecular formula is C30H26O9. The topological polar surface area (TPSA) is 98.8 Å². The third-order valence-electron chi connectivity index (χ3n) is 5.17. The molecule has 0 N–H and O–H groups in total. The van der Waals surface area contributed by atoms with Crippen LogP contribution in [0.3, 0.4) is 0 Å². The summed E-state index contributed by atoms with van der Waals surface area (Å²) < 4.78 is 37.0. The van der Waals surface area contributed by atoms with Gasteiger partial charge < -0.3 is 33.2 Å². The summed E-state index contributed by atoms with van der Waals surface area (Å²) in [5.41, 5.74) is 0.767. The van der Waals surface area contributed by atoms with Crippen molar-refractivity contribution in [3.8, 4) is 34.5 Å². The summed E-state index contributed by atoms with van der Waals surface area (Å²) in [5, 5.41) is 0. The second kappa shape index (κ2) is 13.6. The molecule has 9 nitrogen and oxygen atoms in total. The molecule has 0 aliphatic heterocycles. The predicted octanol–water partition coefficient (Wildman–Crippen LogP) is 5.88. The minimum Gasteiger partial charge on any atom is -0.468 e. The maximum Gasteiger partial charge on any atom is 0.343 e. The fourth-order valence-corrected chi connectivity index (χ4v) is 3.25. The molecule has 0 aliphatic rings. The Bertz CT molecular complexity index is 1240. The summed E-state index contributed by atoms with van der Waals surface area (Å²) >= 11 is 0. The van der Waals surface area contributed by atoms with Gasteiger partial charge >= 0.3 is 11.9 Å². The van der Waals surface area contributed by atoms with Gasteiger partial charge in [-0.15, -0.1) is 0 Å². The van der Waals surface area contributed by atoms with Crippen molar-refractivity contribution in [1.82, 2.24) is 0 Å². The maximum atomic E-state index is 12.4. The van der Waals surface area contributed by atoms with E-state index < -0.39 is 11.9 Å². The third-order valence-corrected chi connectivity index (χ3v) is 5.17. The smallest absolute Gasteiger partial charge is 0.343 e. The Morgan fingerprint density at radius 1 is 0.462 bits per heavy atom. The van der Waals surface area contributed by atoms with Crippen molar-refractivity contribution >= 4 is 11.9 Å². The van der Waals surface area contributed by atoms with E-state index in [9.17, 15) is 9.59 Å². The van der Waals surface area contributed by atoms with Crippen molar-refractivity contribution in [1.29, 1.82) is 0 Å². The average Bonchev–Trinajstić information content (AvgIpc) is 2.97. The molecule has 39 heavy (non-hydrogen) atoms. The normalized spacial score (nSPS) is 10.4. The lowest BCUT2D eigenvalue weighted by Crippen LogP contribution is -2.08. The highest BCUT2D eigenvalue weighted by Crippen LogP contribution is 2.26. The number of benzene rings is 4. The zero-order chi connectivity index (χ0) is 27.5. The number of esters is 2. The van der Waals surface area contributed by atoms with E-state index in [1.165, 1.54) is 14.2 Å². The van der Waals surface area contributed by atoms with E-state index in [0.29, 0.717) is 45.6 Å². The second-order valence-electron chi connectivity index (χ2n) is 7.97. The zero-order valence-electron chi connectivity index (χ0n) is 21.3. The number of methoxy groups -OCH3 is 2. The Labute approximate surface area is 225 Å². The lowest BCUT2D eigenvalue weighted by molar-refractivity contribution is 0.0509. The highest BCUT2D eigenvalue weighted by molar-refractivity contribution is 5.91. The molecule has 4 aromatic rings. The third kappa shape index (κ3) is 8.06. The monoisotopic (exact) mass is 530 g/mol. The van der Waals surface area contributed by atoms with Gasteiger partial charge in [0, 0.05) is 14.2 Å². The van der Waals surface area contributed by atoms with Crippen LogP contribution in [0.15, 0.2) is 97.1 Å². The minimum atomic E-state index is -0.498. The Morgan fingerprint density at radius 2 is 0.769 bits per heavy atom. The molecule has 4 rings (SSSR count). The summed E-state index contributed by atoms with van der Waals surface area (Å²) in [7, 11) is 3.06. The SMILES string of the molecule is COCOc1ccc(C(=O)Oc2ccc(Oc3ccc(OC(=O)c4ccc(OCOC)cc4)cc3)cc2)cc1. The molecule has 0 heterocycles. The van der Waals surface area contributed by atoms with Gasteiger partial charge in [0.15, 0.2) is 13.6 Å². The molecule has 9 heteroatoms. The summed E-state index contributed by atoms with van der Waals surface area (Å²) in [5.74, 6) is 1.98. The van der Waals surface area contributed by atoms with E-state index in [-0.39, 0.29) is 13.6 Å². The number of hydrogen-bond acceptors (Lipinski definition) is 9. The maximum absolute atomic E-state index is 12.4. The fraction of sp³-hybridized carbons (Fsp3) is 0.133. The molecule has 0 aromatic heterocycles. The van der Waals surface area contributed by atoms with Crippen LogP contribution in [0.4, 0.5) is 0 Å². The first-order valence-electron chi connectivity index (χ1n) is 11.8. The first-order valence-corrected chi connectivity index (χ1v) is 11.8. The van der Waals surface area contributed by atoms with Crippen molar-refractivity contribution < 1.29 is 42.7 Å². The largest absolute Gasteiger partial charge is 0.468 e. The van der Waals surface area contributed by atoms with Gasteiger partial charge in [-0.25, -0.2) is 9.59 Å². The lowest BCUT2D eigenvalue weighted by atomic mass is 10.2. The number of carbonyl (C=O) groups excluding carboxylic acids is 2. The number of hydrogen-bond donors (Lipinski definition) is 0. The van der Waals surface area contributed by atoms with Crippen LogP contribution in [0.25, 0.3) is 0 Å². The number of ether oxygens (including phenoxy) is 7. The molecule has 0 atom stereocenters. The first kappa shape index (κ1) is 27.2. The number of rotatable bonds is 12. The van der Waals surface area contributed by atoms with E-state index in [0.717, 1.165) is 0 Å². The second-order valence-corrected chi connectivity index (χ2v) is 7.97. The van der Waals surface area contributed by atoms with Gasteiger partial charge in [-0.2, -0.15) is 0 Å². The van der Waals surface area contributed by atoms with Crippen molar-refractivity contribution in [2.75, 3.05) is 27.8 Å². The highest BCUT2D eigenvalue weighted by Gasteiger charge is 2.11. The van der Waals surface area contributed by atoms with Gasteiger partial charge in [-0.1, -0.05) is 0 Å². The molecule has 0 spiro atoms. The average molecular weight is 531 g/mol. The molecule has 0 saturated heterocycles. The minimum absolute atomic E-state index is 0.123. The van der Waals surface area contributed by atoms with Crippen LogP contribution < -0.4 is 23.7 Å². The molecule has 0 aliphatic carbocycles. The Hall–Kier alpha value is -4.86. The molecule has 0 fully saturated rings. The van der Waals surface area contributed by atoms with Gasteiger partial charge in [-0.3, -0.25) is 0 Å². The van der Waals surface area contributed by atoms with Crippen LogP contribution in [0.2, 0.25) is 0 Å². The van der Waals surface area contributed by atoms with Gasteiger partial charge in [-0.05, 0) is 97.1 Å². The van der Waals surface area contributed by atoms with Crippen LogP contribution in [0.5, 0.6) is 34.5 Å². The van der Waals surface area contributed by atoms with Crippen LogP contribution >= 0.6 is 0 Å². The Morgan fingerprint density at radius 3 is 1.10 bits per heavy atom. The van der Waals surface area contributed by atoms with Crippen molar-refractivity contribution in [3.05, 3.63) is 108 Å². The van der Waals surface area contributed by atoms with Gasteiger partial charge in [0.1, 0.15) is 34.5 Å². The first-order chi connectivity index (χ1) is 19.0. The fourth-order valence-electron chi connectivity index (χ4n) is 3.25. The van der Waals surface area contributed by atoms with E-state index in [4.69, 9.17) is 33.2 Å². The van der Waals surface area contributed by atoms with E-state index >= 15 is 0 Å². The molecular weight excluding hydrogens is 504 g/mol. The summed E-state index contributed by atoms with van der Waals surface area (Å²) in [4.78, 5) is 24.8. The van der Waals surface area contributed by atoms with E-state index in [2.05, 4.69) is 0 Å². The van der Waals surface area contributed by atoms with E-state index in [1.54, 1.807) is 97.1 Å². The van der Waals surface area contributed by atoms with Crippen LogP contribution in [0.1, 0.15) is 20.7 Å². The molecule has 0 radical (unpaired) electrons. The quantitative estimate of drug-likeness (QED) is 0.126.